The van der Waals surface area contributed by atoms with Gasteiger partial charge in [0.15, 0.2) is 5.96 Å². The van der Waals surface area contributed by atoms with Crippen molar-refractivity contribution in [1.82, 2.24) is 25.1 Å². The second kappa shape index (κ2) is 13.2. The fourth-order valence-electron chi connectivity index (χ4n) is 3.93. The minimum Gasteiger partial charge on any atom is -0.384 e. The predicted molar refractivity (Wildman–Crippen MR) is 128 cm³/mol. The summed E-state index contributed by atoms with van der Waals surface area (Å²) in [6.45, 7) is 12.1. The van der Waals surface area contributed by atoms with Crippen molar-refractivity contribution in [3.05, 3.63) is 18.5 Å². The number of anilines is 1. The number of likely N-dealkylation sites (tertiary alicyclic amines) is 1. The SMILES string of the molecule is CCNC(=NCCCN1CCN(c2ncccn2)CC1)N1CCC(COC)C1.I. The molecule has 2 aliphatic rings. The van der Waals surface area contributed by atoms with E-state index in [2.05, 4.69) is 36.9 Å². The third-order valence-corrected chi connectivity index (χ3v) is 5.42. The van der Waals surface area contributed by atoms with Crippen LogP contribution < -0.4 is 10.2 Å². The van der Waals surface area contributed by atoms with E-state index in [-0.39, 0.29) is 24.0 Å². The molecule has 9 heteroatoms. The van der Waals surface area contributed by atoms with E-state index in [1.54, 1.807) is 7.11 Å². The first-order valence-corrected chi connectivity index (χ1v) is 10.6. The fraction of sp³-hybridized carbons (Fsp3) is 0.750. The number of aliphatic imine (C=N–C) groups is 1. The summed E-state index contributed by atoms with van der Waals surface area (Å²) in [6.07, 6.45) is 5.90. The Bertz CT molecular complexity index is 596. The highest BCUT2D eigenvalue weighted by molar-refractivity contribution is 14.0. The van der Waals surface area contributed by atoms with Crippen LogP contribution in [0.2, 0.25) is 0 Å². The Morgan fingerprint density at radius 2 is 1.97 bits per heavy atom. The van der Waals surface area contributed by atoms with Gasteiger partial charge in [-0.05, 0) is 25.8 Å². The Balaban J connectivity index is 0.00000300. The van der Waals surface area contributed by atoms with Gasteiger partial charge in [-0.3, -0.25) is 9.89 Å². The first kappa shape index (κ1) is 24.1. The number of rotatable bonds is 8. The van der Waals surface area contributed by atoms with Crippen LogP contribution >= 0.6 is 24.0 Å². The van der Waals surface area contributed by atoms with E-state index in [0.29, 0.717) is 5.92 Å². The summed E-state index contributed by atoms with van der Waals surface area (Å²) >= 11 is 0. The number of piperazine rings is 1. The molecule has 1 aromatic heterocycles. The molecule has 0 bridgehead atoms. The van der Waals surface area contributed by atoms with E-state index in [9.17, 15) is 0 Å². The van der Waals surface area contributed by atoms with Crippen molar-refractivity contribution in [3.8, 4) is 0 Å². The van der Waals surface area contributed by atoms with Crippen molar-refractivity contribution in [2.24, 2.45) is 10.9 Å². The zero-order chi connectivity index (χ0) is 19.6. The second-order valence-electron chi connectivity index (χ2n) is 7.52. The van der Waals surface area contributed by atoms with E-state index in [4.69, 9.17) is 9.73 Å². The lowest BCUT2D eigenvalue weighted by Crippen LogP contribution is -2.47. The molecule has 0 aliphatic carbocycles. The van der Waals surface area contributed by atoms with Crippen LogP contribution in [0.1, 0.15) is 19.8 Å². The molecule has 0 saturated carbocycles. The minimum absolute atomic E-state index is 0. The lowest BCUT2D eigenvalue weighted by Gasteiger charge is -2.34. The monoisotopic (exact) mass is 517 g/mol. The third-order valence-electron chi connectivity index (χ3n) is 5.42. The van der Waals surface area contributed by atoms with Crippen LogP contribution in [0.25, 0.3) is 0 Å². The molecule has 2 fully saturated rings. The van der Waals surface area contributed by atoms with Crippen molar-refractivity contribution in [2.45, 2.75) is 19.8 Å². The van der Waals surface area contributed by atoms with E-state index in [0.717, 1.165) is 83.8 Å². The molecule has 2 saturated heterocycles. The van der Waals surface area contributed by atoms with Crippen molar-refractivity contribution < 1.29 is 4.74 Å². The minimum atomic E-state index is 0. The maximum Gasteiger partial charge on any atom is 0.225 e. The van der Waals surface area contributed by atoms with E-state index < -0.39 is 0 Å². The largest absolute Gasteiger partial charge is 0.384 e. The lowest BCUT2D eigenvalue weighted by molar-refractivity contribution is 0.157. The average molecular weight is 517 g/mol. The van der Waals surface area contributed by atoms with Crippen molar-refractivity contribution in [2.75, 3.05) is 77.5 Å². The smallest absolute Gasteiger partial charge is 0.225 e. The summed E-state index contributed by atoms with van der Waals surface area (Å²) in [5.41, 5.74) is 0. The highest BCUT2D eigenvalue weighted by atomic mass is 127. The van der Waals surface area contributed by atoms with Gasteiger partial charge in [-0.25, -0.2) is 9.97 Å². The van der Waals surface area contributed by atoms with Gasteiger partial charge in [0.25, 0.3) is 0 Å². The Kier molecular flexibility index (Phi) is 10.9. The molecule has 3 heterocycles. The van der Waals surface area contributed by atoms with Crippen LogP contribution in [0.15, 0.2) is 23.5 Å². The summed E-state index contributed by atoms with van der Waals surface area (Å²) in [5.74, 6) is 2.53. The predicted octanol–water partition coefficient (Wildman–Crippen LogP) is 1.54. The molecular formula is C20H36IN7O. The summed E-state index contributed by atoms with van der Waals surface area (Å²) in [6, 6.07) is 1.86. The Labute approximate surface area is 192 Å². The first-order valence-electron chi connectivity index (χ1n) is 10.6. The molecule has 8 nitrogen and oxygen atoms in total. The van der Waals surface area contributed by atoms with Gasteiger partial charge in [-0.1, -0.05) is 0 Å². The molecular weight excluding hydrogens is 481 g/mol. The number of hydrogen-bond donors (Lipinski definition) is 1. The van der Waals surface area contributed by atoms with Gasteiger partial charge < -0.3 is 19.9 Å². The molecule has 1 aromatic rings. The van der Waals surface area contributed by atoms with Gasteiger partial charge >= 0.3 is 0 Å². The number of hydrogen-bond acceptors (Lipinski definition) is 6. The number of methoxy groups -OCH3 is 1. The zero-order valence-electron chi connectivity index (χ0n) is 17.8. The van der Waals surface area contributed by atoms with Crippen LogP contribution in [0.3, 0.4) is 0 Å². The van der Waals surface area contributed by atoms with Crippen molar-refractivity contribution in [3.63, 3.8) is 0 Å². The number of halogens is 1. The highest BCUT2D eigenvalue weighted by Gasteiger charge is 2.24. The highest BCUT2D eigenvalue weighted by Crippen LogP contribution is 2.16. The molecule has 3 rings (SSSR count). The summed E-state index contributed by atoms with van der Waals surface area (Å²) in [5, 5.41) is 3.45. The van der Waals surface area contributed by atoms with Crippen LogP contribution in [0.4, 0.5) is 5.95 Å². The van der Waals surface area contributed by atoms with Crippen LogP contribution in [-0.2, 0) is 4.74 Å². The standard InChI is InChI=1S/C20H35N7O.HI/c1-3-21-19(27-11-6-18(16-27)17-28-2)24-9-5-10-25-12-14-26(15-13-25)20-22-7-4-8-23-20;/h4,7-8,18H,3,5-6,9-17H2,1-2H3,(H,21,24);1H. The molecule has 0 amide bonds. The maximum atomic E-state index is 5.31. The van der Waals surface area contributed by atoms with E-state index in [1.807, 2.05) is 18.5 Å². The van der Waals surface area contributed by atoms with Crippen LogP contribution in [0, 0.1) is 5.92 Å². The molecule has 29 heavy (non-hydrogen) atoms. The van der Waals surface area contributed by atoms with Gasteiger partial charge in [-0.2, -0.15) is 0 Å². The van der Waals surface area contributed by atoms with E-state index in [1.165, 1.54) is 6.42 Å². The van der Waals surface area contributed by atoms with Crippen molar-refractivity contribution in [1.29, 1.82) is 0 Å². The normalized spacial score (nSPS) is 20.6. The Hall–Kier alpha value is -1.20. The summed E-state index contributed by atoms with van der Waals surface area (Å²) in [7, 11) is 1.79. The van der Waals surface area contributed by atoms with Crippen LogP contribution in [0.5, 0.6) is 0 Å². The number of ether oxygens (including phenoxy) is 1. The number of guanidine groups is 1. The van der Waals surface area contributed by atoms with Crippen molar-refractivity contribution >= 4 is 35.9 Å². The molecule has 1 atom stereocenters. The number of nitrogens with zero attached hydrogens (tertiary/aromatic N) is 6. The first-order chi connectivity index (χ1) is 13.8. The van der Waals surface area contributed by atoms with Gasteiger partial charge in [0.1, 0.15) is 0 Å². The molecule has 0 aromatic carbocycles. The van der Waals surface area contributed by atoms with Gasteiger partial charge in [0.2, 0.25) is 5.95 Å². The number of aromatic nitrogens is 2. The lowest BCUT2D eigenvalue weighted by atomic mass is 10.1. The topological polar surface area (TPSA) is 69.1 Å². The van der Waals surface area contributed by atoms with Gasteiger partial charge in [0, 0.05) is 84.3 Å². The van der Waals surface area contributed by atoms with Gasteiger partial charge in [-0.15, -0.1) is 24.0 Å². The Morgan fingerprint density at radius 3 is 2.66 bits per heavy atom. The Morgan fingerprint density at radius 1 is 1.21 bits per heavy atom. The maximum absolute atomic E-state index is 5.31. The van der Waals surface area contributed by atoms with Crippen LogP contribution in [-0.4, -0.2) is 98.3 Å². The summed E-state index contributed by atoms with van der Waals surface area (Å²) in [4.78, 5) is 20.7. The second-order valence-corrected chi connectivity index (χ2v) is 7.52. The molecule has 0 spiro atoms. The summed E-state index contributed by atoms with van der Waals surface area (Å²) < 4.78 is 5.31. The third kappa shape index (κ3) is 7.53. The molecule has 164 valence electrons. The molecule has 1 unspecified atom stereocenters. The molecule has 0 radical (unpaired) electrons. The van der Waals surface area contributed by atoms with E-state index >= 15 is 0 Å². The van der Waals surface area contributed by atoms with Gasteiger partial charge in [0.05, 0.1) is 6.61 Å². The zero-order valence-corrected chi connectivity index (χ0v) is 20.1. The fourth-order valence-corrected chi connectivity index (χ4v) is 3.93. The average Bonchev–Trinajstić information content (AvgIpc) is 3.20. The number of nitrogens with one attached hydrogen (secondary N) is 1. The molecule has 1 N–H and O–H groups in total. The molecule has 2 aliphatic heterocycles. The quantitative estimate of drug-likeness (QED) is 0.243.